The molecule has 0 bridgehead atoms. The molecule has 1 unspecified atom stereocenters. The van der Waals surface area contributed by atoms with Crippen LogP contribution < -0.4 is 10.5 Å². The number of hydrogen-bond donors (Lipinski definition) is 2. The second kappa shape index (κ2) is 5.82. The number of rotatable bonds is 6. The van der Waals surface area contributed by atoms with Crippen molar-refractivity contribution in [1.82, 2.24) is 0 Å². The van der Waals surface area contributed by atoms with Crippen LogP contribution in [0.4, 0.5) is 4.39 Å². The molecule has 5 heteroatoms. The number of ether oxygens (including phenoxy) is 1. The van der Waals surface area contributed by atoms with Crippen molar-refractivity contribution in [1.29, 1.82) is 0 Å². The summed E-state index contributed by atoms with van der Waals surface area (Å²) in [6.45, 7) is 1.71. The maximum atomic E-state index is 13.8. The minimum absolute atomic E-state index is 0.0235. The highest BCUT2D eigenvalue weighted by Crippen LogP contribution is 2.29. The van der Waals surface area contributed by atoms with Gasteiger partial charge in [-0.05, 0) is 24.5 Å². The first kappa shape index (κ1) is 14.4. The molecule has 0 radical (unpaired) electrons. The average molecular weight is 255 g/mol. The quantitative estimate of drug-likeness (QED) is 0.813. The van der Waals surface area contributed by atoms with Gasteiger partial charge in [-0.15, -0.1) is 0 Å². The minimum Gasteiger partial charge on any atom is -0.497 e. The van der Waals surface area contributed by atoms with Gasteiger partial charge < -0.3 is 15.6 Å². The molecule has 1 rings (SSSR count). The number of methoxy groups -OCH3 is 1. The lowest BCUT2D eigenvalue weighted by atomic mass is 9.79. The molecule has 0 saturated carbocycles. The summed E-state index contributed by atoms with van der Waals surface area (Å²) in [6.07, 6.45) is 0.426. The lowest BCUT2D eigenvalue weighted by Gasteiger charge is -2.26. The van der Waals surface area contributed by atoms with Crippen molar-refractivity contribution in [3.63, 3.8) is 0 Å². The predicted octanol–water partition coefficient (Wildman–Crippen LogP) is 1.82. The number of carboxylic acids is 1. The van der Waals surface area contributed by atoms with Crippen LogP contribution in [0, 0.1) is 11.2 Å². The molecule has 0 amide bonds. The van der Waals surface area contributed by atoms with E-state index >= 15 is 0 Å². The highest BCUT2D eigenvalue weighted by Gasteiger charge is 2.36. The fourth-order valence-electron chi connectivity index (χ4n) is 1.82. The van der Waals surface area contributed by atoms with Crippen molar-refractivity contribution < 1.29 is 19.0 Å². The van der Waals surface area contributed by atoms with Gasteiger partial charge in [0.2, 0.25) is 0 Å². The number of hydrogen-bond acceptors (Lipinski definition) is 3. The van der Waals surface area contributed by atoms with Crippen LogP contribution in [0.25, 0.3) is 0 Å². The minimum atomic E-state index is -1.12. The van der Waals surface area contributed by atoms with Crippen molar-refractivity contribution >= 4 is 5.97 Å². The summed E-state index contributed by atoms with van der Waals surface area (Å²) in [7, 11) is 1.45. The van der Waals surface area contributed by atoms with Gasteiger partial charge >= 0.3 is 5.97 Å². The standard InChI is InChI=1S/C13H18FNO3/c1-3-13(8-15,12(16)17)7-9-4-5-10(18-2)6-11(9)14/h4-6H,3,7-8,15H2,1-2H3,(H,16,17). The van der Waals surface area contributed by atoms with Gasteiger partial charge in [0.05, 0.1) is 12.5 Å². The summed E-state index contributed by atoms with van der Waals surface area (Å²) in [5, 5.41) is 9.25. The number of carboxylic acid groups (broad SMARTS) is 1. The number of aliphatic carboxylic acids is 1. The SMILES string of the molecule is CCC(CN)(Cc1ccc(OC)cc1F)C(=O)O. The molecule has 0 spiro atoms. The van der Waals surface area contributed by atoms with Crippen LogP contribution >= 0.6 is 0 Å². The zero-order valence-electron chi connectivity index (χ0n) is 10.6. The van der Waals surface area contributed by atoms with Crippen molar-refractivity contribution in [2.45, 2.75) is 19.8 Å². The summed E-state index contributed by atoms with van der Waals surface area (Å²) in [5.74, 6) is -1.06. The van der Waals surface area contributed by atoms with Crippen LogP contribution in [0.15, 0.2) is 18.2 Å². The van der Waals surface area contributed by atoms with Crippen LogP contribution in [-0.2, 0) is 11.2 Å². The van der Waals surface area contributed by atoms with Crippen LogP contribution in [0.2, 0.25) is 0 Å². The molecule has 0 heterocycles. The summed E-state index contributed by atoms with van der Waals surface area (Å²) in [5.41, 5.74) is 4.77. The second-order valence-corrected chi connectivity index (χ2v) is 4.28. The third-order valence-corrected chi connectivity index (χ3v) is 3.31. The molecule has 1 aromatic rings. The van der Waals surface area contributed by atoms with Crippen molar-refractivity contribution in [2.75, 3.05) is 13.7 Å². The van der Waals surface area contributed by atoms with Crippen molar-refractivity contribution in [2.24, 2.45) is 11.1 Å². The molecule has 0 aliphatic carbocycles. The number of benzene rings is 1. The number of carbonyl (C=O) groups is 1. The Morgan fingerprint density at radius 3 is 2.61 bits per heavy atom. The van der Waals surface area contributed by atoms with E-state index in [0.717, 1.165) is 0 Å². The van der Waals surface area contributed by atoms with E-state index in [0.29, 0.717) is 17.7 Å². The van der Waals surface area contributed by atoms with Gasteiger partial charge in [-0.1, -0.05) is 13.0 Å². The molecule has 3 N–H and O–H groups in total. The zero-order chi connectivity index (χ0) is 13.8. The Kier molecular flexibility index (Phi) is 4.67. The molecule has 1 aromatic carbocycles. The van der Waals surface area contributed by atoms with E-state index in [2.05, 4.69) is 0 Å². The molecule has 0 saturated heterocycles. The molecule has 18 heavy (non-hydrogen) atoms. The third-order valence-electron chi connectivity index (χ3n) is 3.31. The Balaban J connectivity index is 3.05. The van der Waals surface area contributed by atoms with E-state index < -0.39 is 17.2 Å². The Bertz CT molecular complexity index is 430. The predicted molar refractivity (Wildman–Crippen MR) is 66.1 cm³/mol. The molecule has 1 atom stereocenters. The van der Waals surface area contributed by atoms with Gasteiger partial charge in [0.15, 0.2) is 0 Å². The Labute approximate surface area is 106 Å². The molecule has 100 valence electrons. The largest absolute Gasteiger partial charge is 0.497 e. The maximum absolute atomic E-state index is 13.8. The Hall–Kier alpha value is -1.62. The molecule has 0 aliphatic heterocycles. The summed E-state index contributed by atoms with van der Waals surface area (Å²) < 4.78 is 18.7. The lowest BCUT2D eigenvalue weighted by molar-refractivity contribution is -0.148. The molecular weight excluding hydrogens is 237 g/mol. The van der Waals surface area contributed by atoms with E-state index in [1.807, 2.05) is 0 Å². The first-order valence-electron chi connectivity index (χ1n) is 5.75. The van der Waals surface area contributed by atoms with Crippen molar-refractivity contribution in [3.8, 4) is 5.75 Å². The topological polar surface area (TPSA) is 72.5 Å². The normalized spacial score (nSPS) is 14.0. The van der Waals surface area contributed by atoms with E-state index in [4.69, 9.17) is 10.5 Å². The monoisotopic (exact) mass is 255 g/mol. The highest BCUT2D eigenvalue weighted by atomic mass is 19.1. The lowest BCUT2D eigenvalue weighted by Crippen LogP contribution is -2.40. The summed E-state index contributed by atoms with van der Waals surface area (Å²) in [6, 6.07) is 4.39. The second-order valence-electron chi connectivity index (χ2n) is 4.28. The van der Waals surface area contributed by atoms with E-state index in [9.17, 15) is 14.3 Å². The Morgan fingerprint density at radius 2 is 2.22 bits per heavy atom. The average Bonchev–Trinajstić information content (AvgIpc) is 2.37. The van der Waals surface area contributed by atoms with E-state index in [-0.39, 0.29) is 13.0 Å². The summed E-state index contributed by atoms with van der Waals surface area (Å²) in [4.78, 5) is 11.3. The van der Waals surface area contributed by atoms with Gasteiger partial charge in [0, 0.05) is 12.6 Å². The van der Waals surface area contributed by atoms with Crippen molar-refractivity contribution in [3.05, 3.63) is 29.6 Å². The van der Waals surface area contributed by atoms with E-state index in [1.165, 1.54) is 19.2 Å². The van der Waals surface area contributed by atoms with Gasteiger partial charge in [-0.3, -0.25) is 4.79 Å². The zero-order valence-corrected chi connectivity index (χ0v) is 10.6. The molecule has 0 aliphatic rings. The first-order valence-corrected chi connectivity index (χ1v) is 5.75. The highest BCUT2D eigenvalue weighted by molar-refractivity contribution is 5.75. The smallest absolute Gasteiger partial charge is 0.311 e. The van der Waals surface area contributed by atoms with Gasteiger partial charge in [-0.2, -0.15) is 0 Å². The molecule has 0 fully saturated rings. The van der Waals surface area contributed by atoms with Crippen LogP contribution in [0.1, 0.15) is 18.9 Å². The number of nitrogens with two attached hydrogens (primary N) is 1. The van der Waals surface area contributed by atoms with Crippen LogP contribution in [-0.4, -0.2) is 24.7 Å². The maximum Gasteiger partial charge on any atom is 0.311 e. The molecule has 4 nitrogen and oxygen atoms in total. The van der Waals surface area contributed by atoms with Gasteiger partial charge in [0.25, 0.3) is 0 Å². The molecule has 0 aromatic heterocycles. The first-order chi connectivity index (χ1) is 8.49. The van der Waals surface area contributed by atoms with Gasteiger partial charge in [0.1, 0.15) is 11.6 Å². The molecular formula is C13H18FNO3. The van der Waals surface area contributed by atoms with Crippen LogP contribution in [0.3, 0.4) is 0 Å². The summed E-state index contributed by atoms with van der Waals surface area (Å²) >= 11 is 0. The fourth-order valence-corrected chi connectivity index (χ4v) is 1.82. The fraction of sp³-hybridized carbons (Fsp3) is 0.462. The number of halogens is 1. The van der Waals surface area contributed by atoms with Crippen LogP contribution in [0.5, 0.6) is 5.75 Å². The van der Waals surface area contributed by atoms with E-state index in [1.54, 1.807) is 13.0 Å². The van der Waals surface area contributed by atoms with Gasteiger partial charge in [-0.25, -0.2) is 4.39 Å². The third kappa shape index (κ3) is 2.79. The Morgan fingerprint density at radius 1 is 1.56 bits per heavy atom.